The summed E-state index contributed by atoms with van der Waals surface area (Å²) < 4.78 is 0. The molecule has 0 saturated carbocycles. The number of hydrogen-bond acceptors (Lipinski definition) is 6. The van der Waals surface area contributed by atoms with E-state index in [0.717, 1.165) is 49.9 Å². The first-order valence-electron chi connectivity index (χ1n) is 12.7. The maximum atomic E-state index is 5.12. The fraction of sp³-hybridized carbons (Fsp3) is 0.0303. The molecule has 39 heavy (non-hydrogen) atoms. The Labute approximate surface area is 225 Å². The van der Waals surface area contributed by atoms with Crippen molar-refractivity contribution < 1.29 is 0 Å². The van der Waals surface area contributed by atoms with Crippen LogP contribution in [-0.2, 0) is 0 Å². The zero-order valence-electron chi connectivity index (χ0n) is 21.2. The maximum Gasteiger partial charge on any atom is 0.182 e. The van der Waals surface area contributed by atoms with Crippen LogP contribution < -0.4 is 0 Å². The van der Waals surface area contributed by atoms with Gasteiger partial charge >= 0.3 is 0 Å². The smallest absolute Gasteiger partial charge is 0.182 e. The summed E-state index contributed by atoms with van der Waals surface area (Å²) in [5.74, 6) is 1.66. The molecule has 0 fully saturated rings. The summed E-state index contributed by atoms with van der Waals surface area (Å²) in [6.07, 6.45) is 1.75. The number of fused-ring (bicyclic) bond motifs is 3. The van der Waals surface area contributed by atoms with Crippen molar-refractivity contribution in [1.29, 1.82) is 0 Å². The molecule has 4 aromatic heterocycles. The number of rotatable bonds is 4. The van der Waals surface area contributed by atoms with Crippen molar-refractivity contribution in [2.24, 2.45) is 0 Å². The molecule has 0 spiro atoms. The molecule has 0 aliphatic heterocycles. The second kappa shape index (κ2) is 9.50. The van der Waals surface area contributed by atoms with Gasteiger partial charge in [-0.1, -0.05) is 84.9 Å². The van der Waals surface area contributed by atoms with E-state index in [9.17, 15) is 0 Å². The van der Waals surface area contributed by atoms with Gasteiger partial charge in [0.15, 0.2) is 17.5 Å². The second-order valence-electron chi connectivity index (χ2n) is 9.29. The van der Waals surface area contributed by atoms with Crippen LogP contribution >= 0.6 is 0 Å². The minimum atomic E-state index is 0.514. The molecule has 6 heteroatoms. The molecule has 0 atom stereocenters. The van der Waals surface area contributed by atoms with Crippen LogP contribution in [0.15, 0.2) is 115 Å². The predicted molar refractivity (Wildman–Crippen MR) is 155 cm³/mol. The van der Waals surface area contributed by atoms with Gasteiger partial charge in [-0.05, 0) is 31.2 Å². The summed E-state index contributed by atoms with van der Waals surface area (Å²) in [4.78, 5) is 29.3. The predicted octanol–water partition coefficient (Wildman–Crippen LogP) is 7.34. The van der Waals surface area contributed by atoms with Gasteiger partial charge in [-0.3, -0.25) is 9.97 Å². The summed E-state index contributed by atoms with van der Waals surface area (Å²) in [5, 5.41) is 1.96. The van der Waals surface area contributed by atoms with Crippen LogP contribution in [0.5, 0.6) is 0 Å². The van der Waals surface area contributed by atoms with Gasteiger partial charge in [0.1, 0.15) is 5.69 Å². The Morgan fingerprint density at radius 3 is 1.95 bits per heavy atom. The molecular formula is C33H22N6. The van der Waals surface area contributed by atoms with E-state index in [-0.39, 0.29) is 0 Å². The van der Waals surface area contributed by atoms with Gasteiger partial charge in [-0.25, -0.2) is 19.9 Å². The SMILES string of the molecule is Cc1ccc2ccc3c(-c4nc(-c5ccccc5)nc(-c5ccccn5)n4)cc(-c4ccccc4)nc3c2n1. The lowest BCUT2D eigenvalue weighted by atomic mass is 10.0. The highest BCUT2D eigenvalue weighted by molar-refractivity contribution is 6.08. The highest BCUT2D eigenvalue weighted by Gasteiger charge is 2.18. The van der Waals surface area contributed by atoms with Crippen molar-refractivity contribution in [1.82, 2.24) is 29.9 Å². The molecule has 0 radical (unpaired) electrons. The van der Waals surface area contributed by atoms with Gasteiger partial charge in [-0.15, -0.1) is 0 Å². The lowest BCUT2D eigenvalue weighted by molar-refractivity contribution is 1.06. The van der Waals surface area contributed by atoms with E-state index in [4.69, 9.17) is 24.9 Å². The summed E-state index contributed by atoms with van der Waals surface area (Å²) in [6.45, 7) is 2.00. The van der Waals surface area contributed by atoms with E-state index < -0.39 is 0 Å². The van der Waals surface area contributed by atoms with Gasteiger partial charge in [0.25, 0.3) is 0 Å². The molecule has 0 aliphatic carbocycles. The minimum Gasteiger partial charge on any atom is -0.253 e. The molecule has 0 unspecified atom stereocenters. The third-order valence-electron chi connectivity index (χ3n) is 6.65. The summed E-state index contributed by atoms with van der Waals surface area (Å²) in [5.41, 5.74) is 6.89. The monoisotopic (exact) mass is 502 g/mol. The van der Waals surface area contributed by atoms with Crippen molar-refractivity contribution in [3.8, 4) is 45.6 Å². The Morgan fingerprint density at radius 2 is 1.18 bits per heavy atom. The first-order chi connectivity index (χ1) is 19.2. The summed E-state index contributed by atoms with van der Waals surface area (Å²) in [7, 11) is 0. The van der Waals surface area contributed by atoms with Crippen molar-refractivity contribution in [3.63, 3.8) is 0 Å². The third-order valence-corrected chi connectivity index (χ3v) is 6.65. The average molecular weight is 503 g/mol. The molecule has 7 rings (SSSR count). The van der Waals surface area contributed by atoms with Crippen molar-refractivity contribution in [3.05, 3.63) is 121 Å². The first kappa shape index (κ1) is 22.8. The van der Waals surface area contributed by atoms with Gasteiger partial charge in [-0.2, -0.15) is 0 Å². The van der Waals surface area contributed by atoms with E-state index >= 15 is 0 Å². The third kappa shape index (κ3) is 4.28. The van der Waals surface area contributed by atoms with Crippen LogP contribution in [0.2, 0.25) is 0 Å². The maximum absolute atomic E-state index is 5.12. The Kier molecular flexibility index (Phi) is 5.56. The lowest BCUT2D eigenvalue weighted by Gasteiger charge is -2.13. The van der Waals surface area contributed by atoms with Crippen LogP contribution in [0.4, 0.5) is 0 Å². The normalized spacial score (nSPS) is 11.2. The van der Waals surface area contributed by atoms with Crippen molar-refractivity contribution >= 4 is 21.8 Å². The number of benzene rings is 3. The number of hydrogen-bond donors (Lipinski definition) is 0. The molecule has 4 heterocycles. The molecule has 0 bridgehead atoms. The number of aromatic nitrogens is 6. The van der Waals surface area contributed by atoms with Gasteiger partial charge in [0, 0.05) is 39.4 Å². The standard InChI is InChI=1S/C33H22N6/c1-21-15-16-23-17-18-25-26(20-28(22-10-4-2-5-11-22)36-30(25)29(23)35-21)32-37-31(24-12-6-3-7-13-24)38-33(39-32)27-14-8-9-19-34-27/h2-20H,1H3. The summed E-state index contributed by atoms with van der Waals surface area (Å²) in [6, 6.07) is 36.2. The van der Waals surface area contributed by atoms with E-state index in [1.807, 2.05) is 79.7 Å². The van der Waals surface area contributed by atoms with Crippen LogP contribution in [0, 0.1) is 6.92 Å². The Bertz CT molecular complexity index is 1900. The molecular weight excluding hydrogens is 480 g/mol. The molecule has 0 N–H and O–H groups in total. The number of aryl methyl sites for hydroxylation is 1. The van der Waals surface area contributed by atoms with Crippen LogP contribution in [0.1, 0.15) is 5.69 Å². The largest absolute Gasteiger partial charge is 0.253 e. The van der Waals surface area contributed by atoms with Gasteiger partial charge < -0.3 is 0 Å². The van der Waals surface area contributed by atoms with Gasteiger partial charge in [0.05, 0.1) is 16.7 Å². The van der Waals surface area contributed by atoms with E-state index in [1.165, 1.54) is 0 Å². The number of nitrogens with zero attached hydrogens (tertiary/aromatic N) is 6. The first-order valence-corrected chi connectivity index (χ1v) is 12.7. The molecule has 0 aliphatic rings. The summed E-state index contributed by atoms with van der Waals surface area (Å²) >= 11 is 0. The topological polar surface area (TPSA) is 77.3 Å². The Morgan fingerprint density at radius 1 is 0.487 bits per heavy atom. The van der Waals surface area contributed by atoms with Crippen molar-refractivity contribution in [2.75, 3.05) is 0 Å². The van der Waals surface area contributed by atoms with Crippen LogP contribution in [0.25, 0.3) is 67.4 Å². The minimum absolute atomic E-state index is 0.514. The van der Waals surface area contributed by atoms with Crippen molar-refractivity contribution in [2.45, 2.75) is 6.92 Å². The molecule has 6 nitrogen and oxygen atoms in total. The fourth-order valence-electron chi connectivity index (χ4n) is 4.73. The van der Waals surface area contributed by atoms with E-state index in [0.29, 0.717) is 23.2 Å². The molecule has 0 saturated heterocycles. The molecule has 0 amide bonds. The van der Waals surface area contributed by atoms with Crippen LogP contribution in [-0.4, -0.2) is 29.9 Å². The second-order valence-corrected chi connectivity index (χ2v) is 9.29. The van der Waals surface area contributed by atoms with E-state index in [1.54, 1.807) is 6.20 Å². The quantitative estimate of drug-likeness (QED) is 0.234. The Balaban J connectivity index is 1.56. The van der Waals surface area contributed by atoms with E-state index in [2.05, 4.69) is 41.4 Å². The average Bonchev–Trinajstić information content (AvgIpc) is 3.01. The lowest BCUT2D eigenvalue weighted by Crippen LogP contribution is -2.02. The molecule has 3 aromatic carbocycles. The van der Waals surface area contributed by atoms with Gasteiger partial charge in [0.2, 0.25) is 0 Å². The molecule has 184 valence electrons. The highest BCUT2D eigenvalue weighted by Crippen LogP contribution is 2.35. The molecule has 7 aromatic rings. The Hall–Kier alpha value is -5.36. The zero-order chi connectivity index (χ0) is 26.2. The van der Waals surface area contributed by atoms with Crippen LogP contribution in [0.3, 0.4) is 0 Å². The number of pyridine rings is 3. The fourth-order valence-corrected chi connectivity index (χ4v) is 4.73. The zero-order valence-corrected chi connectivity index (χ0v) is 21.2. The highest BCUT2D eigenvalue weighted by atomic mass is 15.0.